The minimum atomic E-state index is -0.796. The molecule has 1 aromatic rings. The van der Waals surface area contributed by atoms with Crippen molar-refractivity contribution in [2.24, 2.45) is 11.8 Å². The maximum absolute atomic E-state index is 13.9. The van der Waals surface area contributed by atoms with Crippen LogP contribution in [0.5, 0.6) is 0 Å². The molecule has 2 heterocycles. The largest absolute Gasteiger partial charge is 0.469 e. The maximum Gasteiger partial charge on any atom is 0.306 e. The smallest absolute Gasteiger partial charge is 0.306 e. The molecule has 0 saturated carbocycles. The first kappa shape index (κ1) is 20.7. The van der Waals surface area contributed by atoms with Gasteiger partial charge in [-0.05, 0) is 50.3 Å². The van der Waals surface area contributed by atoms with Gasteiger partial charge in [-0.25, -0.2) is 8.78 Å². The molecular weight excluding hydrogens is 366 g/mol. The number of hydrogen-bond donors (Lipinski definition) is 0. The van der Waals surface area contributed by atoms with E-state index in [9.17, 15) is 18.4 Å². The Labute approximate surface area is 164 Å². The SMILES string of the molecule is COC(=O)CCC(=O)N1CC[C@H](C2CCN(Cc3cccc(F)c3F)CC2)C1. The van der Waals surface area contributed by atoms with E-state index in [1.165, 1.54) is 7.11 Å². The van der Waals surface area contributed by atoms with Gasteiger partial charge in [-0.1, -0.05) is 12.1 Å². The molecule has 1 aromatic carbocycles. The van der Waals surface area contributed by atoms with E-state index in [0.717, 1.165) is 51.5 Å². The Kier molecular flexibility index (Phi) is 6.99. The predicted molar refractivity (Wildman–Crippen MR) is 100 cm³/mol. The number of likely N-dealkylation sites (tertiary alicyclic amines) is 2. The molecule has 2 saturated heterocycles. The van der Waals surface area contributed by atoms with Crippen LogP contribution >= 0.6 is 0 Å². The van der Waals surface area contributed by atoms with Crippen LogP contribution in [0.3, 0.4) is 0 Å². The van der Waals surface area contributed by atoms with E-state index >= 15 is 0 Å². The highest BCUT2D eigenvalue weighted by molar-refractivity contribution is 5.81. The van der Waals surface area contributed by atoms with Gasteiger partial charge in [-0.2, -0.15) is 0 Å². The Bertz CT molecular complexity index is 705. The number of halogens is 2. The Balaban J connectivity index is 1.43. The second-order valence-corrected chi connectivity index (χ2v) is 7.79. The van der Waals surface area contributed by atoms with Gasteiger partial charge in [0.1, 0.15) is 0 Å². The lowest BCUT2D eigenvalue weighted by molar-refractivity contribution is -0.143. The first-order chi connectivity index (χ1) is 13.5. The Morgan fingerprint density at radius 3 is 2.50 bits per heavy atom. The highest BCUT2D eigenvalue weighted by atomic mass is 19.2. The van der Waals surface area contributed by atoms with Gasteiger partial charge in [0.25, 0.3) is 0 Å². The molecule has 2 aliphatic rings. The third kappa shape index (κ3) is 5.07. The molecule has 0 aliphatic carbocycles. The summed E-state index contributed by atoms with van der Waals surface area (Å²) >= 11 is 0. The van der Waals surface area contributed by atoms with Crippen LogP contribution in [0.4, 0.5) is 8.78 Å². The minimum Gasteiger partial charge on any atom is -0.469 e. The summed E-state index contributed by atoms with van der Waals surface area (Å²) in [4.78, 5) is 27.5. The Hall–Kier alpha value is -2.02. The summed E-state index contributed by atoms with van der Waals surface area (Å²) in [6, 6.07) is 4.33. The number of esters is 1. The zero-order valence-electron chi connectivity index (χ0n) is 16.3. The minimum absolute atomic E-state index is 0.0203. The number of rotatable bonds is 6. The highest BCUT2D eigenvalue weighted by Crippen LogP contribution is 2.32. The summed E-state index contributed by atoms with van der Waals surface area (Å²) in [5, 5.41) is 0. The van der Waals surface area contributed by atoms with Crippen molar-refractivity contribution in [3.8, 4) is 0 Å². The summed E-state index contributed by atoms with van der Waals surface area (Å²) in [6.45, 7) is 3.64. The molecule has 2 aliphatic heterocycles. The van der Waals surface area contributed by atoms with Gasteiger partial charge in [0.2, 0.25) is 5.91 Å². The molecule has 3 rings (SSSR count). The zero-order valence-corrected chi connectivity index (χ0v) is 16.3. The fourth-order valence-electron chi connectivity index (χ4n) is 4.36. The number of methoxy groups -OCH3 is 1. The van der Waals surface area contributed by atoms with Gasteiger partial charge in [0.15, 0.2) is 11.6 Å². The molecule has 0 N–H and O–H groups in total. The van der Waals surface area contributed by atoms with Gasteiger partial charge < -0.3 is 9.64 Å². The van der Waals surface area contributed by atoms with Gasteiger partial charge >= 0.3 is 5.97 Å². The van der Waals surface area contributed by atoms with E-state index in [4.69, 9.17) is 0 Å². The van der Waals surface area contributed by atoms with Crippen LogP contribution < -0.4 is 0 Å². The lowest BCUT2D eigenvalue weighted by atomic mass is 9.83. The standard InChI is InChI=1S/C21H28F2N2O3/c1-28-20(27)6-5-19(26)25-12-9-16(14-25)15-7-10-24(11-8-15)13-17-3-2-4-18(22)21(17)23/h2-4,15-16H,5-14H2,1H3/t16-/m0/s1. The number of benzene rings is 1. The summed E-state index contributed by atoms with van der Waals surface area (Å²) in [5.41, 5.74) is 0.404. The fraction of sp³-hybridized carbons (Fsp3) is 0.619. The average Bonchev–Trinajstić information content (AvgIpc) is 3.20. The third-order valence-corrected chi connectivity index (χ3v) is 6.07. The van der Waals surface area contributed by atoms with Crippen molar-refractivity contribution in [3.05, 3.63) is 35.4 Å². The number of piperidine rings is 1. The van der Waals surface area contributed by atoms with E-state index in [1.807, 2.05) is 4.90 Å². The van der Waals surface area contributed by atoms with Crippen LogP contribution in [0.2, 0.25) is 0 Å². The van der Waals surface area contributed by atoms with E-state index in [-0.39, 0.29) is 24.7 Å². The summed E-state index contributed by atoms with van der Waals surface area (Å²) in [5.74, 6) is -0.850. The highest BCUT2D eigenvalue weighted by Gasteiger charge is 2.33. The van der Waals surface area contributed by atoms with Gasteiger partial charge in [0.05, 0.1) is 13.5 Å². The molecule has 1 atom stereocenters. The molecule has 0 radical (unpaired) electrons. The molecule has 1 amide bonds. The monoisotopic (exact) mass is 394 g/mol. The van der Waals surface area contributed by atoms with Crippen LogP contribution in [0.25, 0.3) is 0 Å². The number of carbonyl (C=O) groups is 2. The Morgan fingerprint density at radius 2 is 1.79 bits per heavy atom. The third-order valence-electron chi connectivity index (χ3n) is 6.07. The lowest BCUT2D eigenvalue weighted by Crippen LogP contribution is -2.37. The van der Waals surface area contributed by atoms with Crippen molar-refractivity contribution in [1.82, 2.24) is 9.80 Å². The average molecular weight is 394 g/mol. The van der Waals surface area contributed by atoms with E-state index < -0.39 is 11.6 Å². The number of nitrogens with zero attached hydrogens (tertiary/aromatic N) is 2. The van der Waals surface area contributed by atoms with E-state index in [2.05, 4.69) is 9.64 Å². The molecule has 154 valence electrons. The molecule has 0 spiro atoms. The molecule has 28 heavy (non-hydrogen) atoms. The number of amides is 1. The van der Waals surface area contributed by atoms with Crippen LogP contribution in [0, 0.1) is 23.5 Å². The van der Waals surface area contributed by atoms with Gasteiger partial charge in [-0.15, -0.1) is 0 Å². The molecule has 0 unspecified atom stereocenters. The molecule has 0 aromatic heterocycles. The number of carbonyl (C=O) groups excluding carboxylic acids is 2. The van der Waals surface area contributed by atoms with Crippen molar-refractivity contribution in [2.45, 2.75) is 38.6 Å². The van der Waals surface area contributed by atoms with Gasteiger partial charge in [0, 0.05) is 31.6 Å². The summed E-state index contributed by atoms with van der Waals surface area (Å²) in [6.07, 6.45) is 3.34. The topological polar surface area (TPSA) is 49.9 Å². The number of ether oxygens (including phenoxy) is 1. The number of hydrogen-bond acceptors (Lipinski definition) is 4. The maximum atomic E-state index is 13.9. The van der Waals surface area contributed by atoms with Crippen molar-refractivity contribution < 1.29 is 23.1 Å². The van der Waals surface area contributed by atoms with Crippen LogP contribution in [0.15, 0.2) is 18.2 Å². The van der Waals surface area contributed by atoms with Crippen molar-refractivity contribution in [1.29, 1.82) is 0 Å². The second kappa shape index (κ2) is 9.45. The Morgan fingerprint density at radius 1 is 1.07 bits per heavy atom. The van der Waals surface area contributed by atoms with Gasteiger partial charge in [-0.3, -0.25) is 14.5 Å². The van der Waals surface area contributed by atoms with Crippen LogP contribution in [-0.2, 0) is 20.9 Å². The lowest BCUT2D eigenvalue weighted by Gasteiger charge is -2.35. The molecule has 0 bridgehead atoms. The molecule has 7 heteroatoms. The van der Waals surface area contributed by atoms with Crippen LogP contribution in [0.1, 0.15) is 37.7 Å². The fourth-order valence-corrected chi connectivity index (χ4v) is 4.36. The molecule has 5 nitrogen and oxygen atoms in total. The summed E-state index contributed by atoms with van der Waals surface area (Å²) < 4.78 is 31.8. The molecular formula is C21H28F2N2O3. The van der Waals surface area contributed by atoms with Crippen molar-refractivity contribution in [2.75, 3.05) is 33.3 Å². The van der Waals surface area contributed by atoms with E-state index in [1.54, 1.807) is 12.1 Å². The zero-order chi connectivity index (χ0) is 20.1. The normalized spacial score (nSPS) is 21.1. The first-order valence-electron chi connectivity index (χ1n) is 9.97. The van der Waals surface area contributed by atoms with Crippen molar-refractivity contribution >= 4 is 11.9 Å². The van der Waals surface area contributed by atoms with E-state index in [0.29, 0.717) is 23.9 Å². The molecule has 2 fully saturated rings. The summed E-state index contributed by atoms with van der Waals surface area (Å²) in [7, 11) is 1.33. The van der Waals surface area contributed by atoms with Crippen molar-refractivity contribution in [3.63, 3.8) is 0 Å². The van der Waals surface area contributed by atoms with Crippen LogP contribution in [-0.4, -0.2) is 55.0 Å². The second-order valence-electron chi connectivity index (χ2n) is 7.79. The first-order valence-corrected chi connectivity index (χ1v) is 9.97. The predicted octanol–water partition coefficient (Wildman–Crippen LogP) is 2.98. The quantitative estimate of drug-likeness (QED) is 0.696.